The van der Waals surface area contributed by atoms with Crippen LogP contribution in [0.2, 0.25) is 0 Å². The van der Waals surface area contributed by atoms with Crippen molar-refractivity contribution in [3.05, 3.63) is 40.2 Å². The fourth-order valence-corrected chi connectivity index (χ4v) is 4.80. The Bertz CT molecular complexity index is 952. The van der Waals surface area contributed by atoms with Gasteiger partial charge in [-0.2, -0.15) is 13.2 Å². The highest BCUT2D eigenvalue weighted by Gasteiger charge is 2.51. The summed E-state index contributed by atoms with van der Waals surface area (Å²) in [5.41, 5.74) is -0.318. The van der Waals surface area contributed by atoms with Crippen LogP contribution in [-0.2, 0) is 33.5 Å². The van der Waals surface area contributed by atoms with E-state index in [-0.39, 0.29) is 24.6 Å². The van der Waals surface area contributed by atoms with Crippen molar-refractivity contribution in [1.29, 1.82) is 0 Å². The molecule has 0 radical (unpaired) electrons. The molecular formula is C22H26F3N3O4. The third-order valence-electron chi connectivity index (χ3n) is 6.59. The first-order chi connectivity index (χ1) is 15.1. The molecule has 1 N–H and O–H groups in total. The van der Waals surface area contributed by atoms with E-state index in [0.717, 1.165) is 18.8 Å². The van der Waals surface area contributed by atoms with Gasteiger partial charge in [0.05, 0.1) is 11.1 Å². The summed E-state index contributed by atoms with van der Waals surface area (Å²) in [7, 11) is 0. The molecule has 1 aromatic heterocycles. The van der Waals surface area contributed by atoms with Gasteiger partial charge in [0.1, 0.15) is 5.60 Å². The standard InChI is InChI=1S/C22H26F3N3O4/c1-14-18(21(32-20(14)31)4-8-27(9-5-21)6-2-10-29)19(30)28-7-3-17-15(13-28)11-16(12-26-17)22(23,24)25/h11-12,29H,2-10,13H2,1H3. The number of pyridine rings is 1. The number of rotatable bonds is 4. The number of amides is 1. The van der Waals surface area contributed by atoms with Gasteiger partial charge >= 0.3 is 12.1 Å². The highest BCUT2D eigenvalue weighted by atomic mass is 19.4. The van der Waals surface area contributed by atoms with E-state index < -0.39 is 23.3 Å². The number of aliphatic hydroxyl groups excluding tert-OH is 1. The van der Waals surface area contributed by atoms with Crippen LogP contribution < -0.4 is 0 Å². The van der Waals surface area contributed by atoms with E-state index in [1.165, 1.54) is 4.90 Å². The molecule has 1 aromatic rings. The maximum Gasteiger partial charge on any atom is 0.417 e. The Labute approximate surface area is 183 Å². The number of carbonyl (C=O) groups is 2. The van der Waals surface area contributed by atoms with Crippen LogP contribution in [0.5, 0.6) is 0 Å². The second-order valence-electron chi connectivity index (χ2n) is 8.61. The summed E-state index contributed by atoms with van der Waals surface area (Å²) in [6.45, 7) is 3.97. The largest absolute Gasteiger partial charge is 0.450 e. The molecule has 0 bridgehead atoms. The molecule has 3 aliphatic heterocycles. The normalized spacial score (nSPS) is 21.2. The molecule has 4 rings (SSSR count). The minimum absolute atomic E-state index is 0.00869. The summed E-state index contributed by atoms with van der Waals surface area (Å²) in [6, 6.07) is 1.05. The summed E-state index contributed by atoms with van der Waals surface area (Å²) < 4.78 is 45.0. The van der Waals surface area contributed by atoms with E-state index in [4.69, 9.17) is 9.84 Å². The van der Waals surface area contributed by atoms with Crippen LogP contribution in [0, 0.1) is 0 Å². The number of fused-ring (bicyclic) bond motifs is 1. The monoisotopic (exact) mass is 453 g/mol. The molecule has 1 amide bonds. The van der Waals surface area contributed by atoms with Gasteiger partial charge in [-0.25, -0.2) is 4.79 Å². The summed E-state index contributed by atoms with van der Waals surface area (Å²) in [5.74, 6) is -0.879. The average molecular weight is 453 g/mol. The minimum atomic E-state index is -4.51. The number of alkyl halides is 3. The van der Waals surface area contributed by atoms with E-state index in [9.17, 15) is 22.8 Å². The van der Waals surface area contributed by atoms with E-state index in [1.807, 2.05) is 0 Å². The molecule has 1 spiro atoms. The third-order valence-corrected chi connectivity index (χ3v) is 6.59. The van der Waals surface area contributed by atoms with Crippen molar-refractivity contribution in [2.45, 2.75) is 50.9 Å². The van der Waals surface area contributed by atoms with Gasteiger partial charge in [0.25, 0.3) is 5.91 Å². The van der Waals surface area contributed by atoms with Crippen LogP contribution in [-0.4, -0.2) is 70.2 Å². The number of halogens is 3. The summed E-state index contributed by atoms with van der Waals surface area (Å²) >= 11 is 0. The number of esters is 1. The number of likely N-dealkylation sites (tertiary alicyclic amines) is 1. The topological polar surface area (TPSA) is 83.0 Å². The van der Waals surface area contributed by atoms with Gasteiger partial charge in [-0.05, 0) is 25.0 Å². The molecule has 0 saturated carbocycles. The van der Waals surface area contributed by atoms with E-state index in [0.29, 0.717) is 62.1 Å². The van der Waals surface area contributed by atoms with Crippen molar-refractivity contribution in [1.82, 2.24) is 14.8 Å². The van der Waals surface area contributed by atoms with Crippen LogP contribution in [0.25, 0.3) is 0 Å². The van der Waals surface area contributed by atoms with Gasteiger partial charge < -0.3 is 19.6 Å². The lowest BCUT2D eigenvalue weighted by molar-refractivity contribution is -0.151. The Hall–Kier alpha value is -2.46. The number of carbonyl (C=O) groups excluding carboxylic acids is 2. The summed E-state index contributed by atoms with van der Waals surface area (Å²) in [4.78, 5) is 33.5. The van der Waals surface area contributed by atoms with Crippen LogP contribution in [0.3, 0.4) is 0 Å². The number of ether oxygens (including phenoxy) is 1. The SMILES string of the molecule is CC1=C(C(=O)N2CCc3ncc(C(F)(F)F)cc3C2)C2(CCN(CCCO)CC2)OC1=O. The number of aromatic nitrogens is 1. The van der Waals surface area contributed by atoms with Crippen LogP contribution in [0.15, 0.2) is 23.4 Å². The molecule has 174 valence electrons. The molecular weight excluding hydrogens is 427 g/mol. The zero-order chi connectivity index (χ0) is 23.1. The molecule has 1 saturated heterocycles. The van der Waals surface area contributed by atoms with Gasteiger partial charge in [0.2, 0.25) is 0 Å². The van der Waals surface area contributed by atoms with Crippen molar-refractivity contribution in [3.63, 3.8) is 0 Å². The Morgan fingerprint density at radius 2 is 2.00 bits per heavy atom. The third kappa shape index (κ3) is 4.13. The van der Waals surface area contributed by atoms with E-state index in [1.54, 1.807) is 6.92 Å². The lowest BCUT2D eigenvalue weighted by atomic mass is 9.82. The molecule has 1 fully saturated rings. The maximum absolute atomic E-state index is 13.5. The van der Waals surface area contributed by atoms with Crippen molar-refractivity contribution in [3.8, 4) is 0 Å². The quantitative estimate of drug-likeness (QED) is 0.703. The average Bonchev–Trinajstić information content (AvgIpc) is 3.00. The smallest absolute Gasteiger partial charge is 0.417 e. The molecule has 3 aliphatic rings. The van der Waals surface area contributed by atoms with Gasteiger partial charge in [-0.3, -0.25) is 9.78 Å². The second kappa shape index (κ2) is 8.47. The first kappa shape index (κ1) is 22.7. The molecule has 0 atom stereocenters. The predicted molar refractivity (Wildman–Crippen MR) is 107 cm³/mol. The Morgan fingerprint density at radius 1 is 1.28 bits per heavy atom. The van der Waals surface area contributed by atoms with Crippen molar-refractivity contribution in [2.75, 3.05) is 32.8 Å². The number of hydrogen-bond donors (Lipinski definition) is 1. The zero-order valence-electron chi connectivity index (χ0n) is 17.9. The summed E-state index contributed by atoms with van der Waals surface area (Å²) in [5, 5.41) is 9.04. The molecule has 0 aromatic carbocycles. The minimum Gasteiger partial charge on any atom is -0.450 e. The fourth-order valence-electron chi connectivity index (χ4n) is 4.80. The molecule has 4 heterocycles. The molecule has 32 heavy (non-hydrogen) atoms. The molecule has 7 nitrogen and oxygen atoms in total. The lowest BCUT2D eigenvalue weighted by Crippen LogP contribution is -2.50. The second-order valence-corrected chi connectivity index (χ2v) is 8.61. The van der Waals surface area contributed by atoms with Gasteiger partial charge in [0.15, 0.2) is 0 Å². The molecule has 0 aliphatic carbocycles. The number of hydrogen-bond acceptors (Lipinski definition) is 6. The maximum atomic E-state index is 13.5. The van der Waals surface area contributed by atoms with Crippen LogP contribution in [0.4, 0.5) is 13.2 Å². The number of aliphatic hydroxyl groups is 1. The van der Waals surface area contributed by atoms with Gasteiger partial charge in [0, 0.05) is 76.1 Å². The van der Waals surface area contributed by atoms with Crippen molar-refractivity contribution >= 4 is 11.9 Å². The van der Waals surface area contributed by atoms with Crippen molar-refractivity contribution in [2.24, 2.45) is 0 Å². The van der Waals surface area contributed by atoms with E-state index >= 15 is 0 Å². The number of nitrogens with zero attached hydrogens (tertiary/aromatic N) is 3. The van der Waals surface area contributed by atoms with Gasteiger partial charge in [-0.1, -0.05) is 0 Å². The zero-order valence-corrected chi connectivity index (χ0v) is 17.9. The van der Waals surface area contributed by atoms with Crippen molar-refractivity contribution < 1.29 is 32.6 Å². The number of piperidine rings is 1. The molecule has 0 unspecified atom stereocenters. The van der Waals surface area contributed by atoms with Crippen LogP contribution >= 0.6 is 0 Å². The highest BCUT2D eigenvalue weighted by Crippen LogP contribution is 2.42. The van der Waals surface area contributed by atoms with E-state index in [2.05, 4.69) is 9.88 Å². The highest BCUT2D eigenvalue weighted by molar-refractivity contribution is 6.07. The predicted octanol–water partition coefficient (Wildman–Crippen LogP) is 2.08. The Morgan fingerprint density at radius 3 is 2.66 bits per heavy atom. The lowest BCUT2D eigenvalue weighted by Gasteiger charge is -2.40. The first-order valence-electron chi connectivity index (χ1n) is 10.8. The molecule has 10 heteroatoms. The Balaban J connectivity index is 1.55. The Kier molecular flexibility index (Phi) is 6.02. The summed E-state index contributed by atoms with van der Waals surface area (Å²) in [6.07, 6.45) is -1.75. The fraction of sp³-hybridized carbons (Fsp3) is 0.591. The van der Waals surface area contributed by atoms with Crippen LogP contribution in [0.1, 0.15) is 43.0 Å². The first-order valence-corrected chi connectivity index (χ1v) is 10.8. The van der Waals surface area contributed by atoms with Gasteiger partial charge in [-0.15, -0.1) is 0 Å².